The van der Waals surface area contributed by atoms with Crippen molar-refractivity contribution in [2.75, 3.05) is 31.7 Å². The van der Waals surface area contributed by atoms with E-state index in [1.807, 2.05) is 6.07 Å². The molecule has 0 aromatic heterocycles. The van der Waals surface area contributed by atoms with Gasteiger partial charge >= 0.3 is 5.97 Å². The first-order valence-corrected chi connectivity index (χ1v) is 10.4. The number of nitrogens with zero attached hydrogens (tertiary/aromatic N) is 1. The highest BCUT2D eigenvalue weighted by Gasteiger charge is 2.28. The van der Waals surface area contributed by atoms with E-state index < -0.39 is 5.97 Å². The molecule has 1 aliphatic heterocycles. The van der Waals surface area contributed by atoms with E-state index in [0.717, 1.165) is 5.69 Å². The third kappa shape index (κ3) is 4.60. The Morgan fingerprint density at radius 3 is 2.65 bits per heavy atom. The molecule has 3 aromatic carbocycles. The number of carbonyl (C=O) groups is 2. The maximum Gasteiger partial charge on any atom is 0.337 e. The zero-order valence-corrected chi connectivity index (χ0v) is 17.7. The lowest BCUT2D eigenvalue weighted by atomic mass is 9.99. The minimum atomic E-state index is -0.399. The van der Waals surface area contributed by atoms with Gasteiger partial charge in [0.25, 0.3) is 5.91 Å². The van der Waals surface area contributed by atoms with Crippen LogP contribution in [0.3, 0.4) is 0 Å². The summed E-state index contributed by atoms with van der Waals surface area (Å²) in [5.41, 5.74) is 2.43. The molecule has 3 aromatic rings. The molecular formula is C25H26N2O4. The molecule has 1 N–H and O–H groups in total. The van der Waals surface area contributed by atoms with E-state index in [-0.39, 0.29) is 24.7 Å². The second kappa shape index (κ2) is 9.29. The third-order valence-corrected chi connectivity index (χ3v) is 5.67. The normalized spacial score (nSPS) is 17.5. The molecule has 0 saturated carbocycles. The number of morpholine rings is 1. The molecule has 1 aliphatic rings. The standard InChI is InChI=1S/C25H26N2O4/c1-17(22-9-5-7-18-6-3-4-8-23(18)22)26-14-21-15-27(24(28)16-31-21)20-12-10-19(11-13-20)25(29)30-2/h3-13,17,21,26H,14-16H2,1-2H3/t17-,21?/m1/s1. The van der Waals surface area contributed by atoms with Crippen LogP contribution in [0.5, 0.6) is 0 Å². The monoisotopic (exact) mass is 418 g/mol. The maximum absolute atomic E-state index is 12.4. The molecule has 1 amide bonds. The number of rotatable bonds is 6. The van der Waals surface area contributed by atoms with E-state index in [9.17, 15) is 9.59 Å². The molecule has 0 radical (unpaired) electrons. The number of ether oxygens (including phenoxy) is 2. The van der Waals surface area contributed by atoms with Crippen molar-refractivity contribution in [1.82, 2.24) is 5.32 Å². The van der Waals surface area contributed by atoms with Gasteiger partial charge in [0.1, 0.15) is 6.61 Å². The van der Waals surface area contributed by atoms with Crippen LogP contribution in [0, 0.1) is 0 Å². The number of amides is 1. The zero-order chi connectivity index (χ0) is 21.8. The second-order valence-electron chi connectivity index (χ2n) is 7.67. The van der Waals surface area contributed by atoms with Crippen molar-refractivity contribution in [2.45, 2.75) is 19.1 Å². The summed E-state index contributed by atoms with van der Waals surface area (Å²) >= 11 is 0. The van der Waals surface area contributed by atoms with Gasteiger partial charge in [0.05, 0.1) is 25.3 Å². The van der Waals surface area contributed by atoms with Crippen LogP contribution >= 0.6 is 0 Å². The minimum absolute atomic E-state index is 0.0355. The molecule has 1 fully saturated rings. The van der Waals surface area contributed by atoms with Crippen LogP contribution in [0.1, 0.15) is 28.9 Å². The smallest absolute Gasteiger partial charge is 0.337 e. The maximum atomic E-state index is 12.4. The Bertz CT molecular complexity index is 1080. The first-order chi connectivity index (χ1) is 15.1. The van der Waals surface area contributed by atoms with Crippen LogP contribution in [0.15, 0.2) is 66.7 Å². The van der Waals surface area contributed by atoms with E-state index in [1.165, 1.54) is 23.4 Å². The van der Waals surface area contributed by atoms with Crippen LogP contribution in [0.4, 0.5) is 5.69 Å². The second-order valence-corrected chi connectivity index (χ2v) is 7.67. The van der Waals surface area contributed by atoms with Gasteiger partial charge in [0.15, 0.2) is 0 Å². The SMILES string of the molecule is COC(=O)c1ccc(N2CC(CN[C@H](C)c3cccc4ccccc34)OCC2=O)cc1. The molecule has 2 atom stereocenters. The summed E-state index contributed by atoms with van der Waals surface area (Å²) in [5.74, 6) is -0.492. The van der Waals surface area contributed by atoms with Gasteiger partial charge in [-0.25, -0.2) is 4.79 Å². The Balaban J connectivity index is 1.41. The highest BCUT2D eigenvalue weighted by atomic mass is 16.5. The molecule has 0 bridgehead atoms. The summed E-state index contributed by atoms with van der Waals surface area (Å²) in [6.45, 7) is 3.24. The Kier molecular flexibility index (Phi) is 6.30. The molecule has 6 heteroatoms. The lowest BCUT2D eigenvalue weighted by Crippen LogP contribution is -2.50. The lowest BCUT2D eigenvalue weighted by molar-refractivity contribution is -0.129. The largest absolute Gasteiger partial charge is 0.465 e. The number of esters is 1. The predicted octanol–water partition coefficient (Wildman–Crippen LogP) is 3.71. The van der Waals surface area contributed by atoms with Crippen LogP contribution in [0.25, 0.3) is 10.8 Å². The van der Waals surface area contributed by atoms with Crippen molar-refractivity contribution in [1.29, 1.82) is 0 Å². The number of methoxy groups -OCH3 is 1. The van der Waals surface area contributed by atoms with E-state index in [2.05, 4.69) is 48.6 Å². The minimum Gasteiger partial charge on any atom is -0.465 e. The van der Waals surface area contributed by atoms with E-state index in [4.69, 9.17) is 9.47 Å². The van der Waals surface area contributed by atoms with Gasteiger partial charge in [-0.3, -0.25) is 4.79 Å². The van der Waals surface area contributed by atoms with Crippen molar-refractivity contribution in [3.8, 4) is 0 Å². The molecule has 0 spiro atoms. The van der Waals surface area contributed by atoms with Gasteiger partial charge in [0, 0.05) is 18.3 Å². The van der Waals surface area contributed by atoms with Crippen LogP contribution in [0.2, 0.25) is 0 Å². The molecular weight excluding hydrogens is 392 g/mol. The average molecular weight is 418 g/mol. The number of hydrogen-bond donors (Lipinski definition) is 1. The molecule has 1 saturated heterocycles. The van der Waals surface area contributed by atoms with Gasteiger partial charge < -0.3 is 19.7 Å². The fourth-order valence-electron chi connectivity index (χ4n) is 3.94. The first-order valence-electron chi connectivity index (χ1n) is 10.4. The summed E-state index contributed by atoms with van der Waals surface area (Å²) in [4.78, 5) is 25.8. The van der Waals surface area contributed by atoms with Gasteiger partial charge in [-0.1, -0.05) is 42.5 Å². The molecule has 1 heterocycles. The topological polar surface area (TPSA) is 67.9 Å². The van der Waals surface area contributed by atoms with Gasteiger partial charge in [-0.15, -0.1) is 0 Å². The van der Waals surface area contributed by atoms with Crippen LogP contribution < -0.4 is 10.2 Å². The number of nitrogens with one attached hydrogen (secondary N) is 1. The number of fused-ring (bicyclic) bond motifs is 1. The third-order valence-electron chi connectivity index (χ3n) is 5.67. The van der Waals surface area contributed by atoms with E-state index in [1.54, 1.807) is 29.2 Å². The Morgan fingerprint density at radius 2 is 1.87 bits per heavy atom. The summed E-state index contributed by atoms with van der Waals surface area (Å²) in [6, 6.07) is 21.7. The zero-order valence-electron chi connectivity index (χ0n) is 17.7. The van der Waals surface area contributed by atoms with Crippen molar-refractivity contribution in [3.05, 3.63) is 77.9 Å². The first kappa shape index (κ1) is 21.0. The summed E-state index contributed by atoms with van der Waals surface area (Å²) in [7, 11) is 1.35. The number of carbonyl (C=O) groups excluding carboxylic acids is 2. The summed E-state index contributed by atoms with van der Waals surface area (Å²) in [6.07, 6.45) is -0.129. The molecule has 4 rings (SSSR count). The fourth-order valence-corrected chi connectivity index (χ4v) is 3.94. The number of anilines is 1. The van der Waals surface area contributed by atoms with E-state index in [0.29, 0.717) is 18.7 Å². The molecule has 31 heavy (non-hydrogen) atoms. The van der Waals surface area contributed by atoms with Gasteiger partial charge in [-0.2, -0.15) is 0 Å². The number of benzene rings is 3. The summed E-state index contributed by atoms with van der Waals surface area (Å²) < 4.78 is 10.5. The van der Waals surface area contributed by atoms with Crippen molar-refractivity contribution < 1.29 is 19.1 Å². The highest BCUT2D eigenvalue weighted by Crippen LogP contribution is 2.25. The summed E-state index contributed by atoms with van der Waals surface area (Å²) in [5, 5.41) is 6.01. The van der Waals surface area contributed by atoms with E-state index >= 15 is 0 Å². The average Bonchev–Trinajstić information content (AvgIpc) is 2.82. The highest BCUT2D eigenvalue weighted by molar-refractivity contribution is 5.96. The predicted molar refractivity (Wildman–Crippen MR) is 120 cm³/mol. The van der Waals surface area contributed by atoms with Gasteiger partial charge in [0.2, 0.25) is 0 Å². The van der Waals surface area contributed by atoms with Crippen LogP contribution in [-0.4, -0.2) is 44.8 Å². The molecule has 160 valence electrons. The van der Waals surface area contributed by atoms with Gasteiger partial charge in [-0.05, 0) is 47.5 Å². The fraction of sp³-hybridized carbons (Fsp3) is 0.280. The quantitative estimate of drug-likeness (QED) is 0.618. The Morgan fingerprint density at radius 1 is 1.13 bits per heavy atom. The van der Waals surface area contributed by atoms with Crippen molar-refractivity contribution in [3.63, 3.8) is 0 Å². The molecule has 1 unspecified atom stereocenters. The molecule has 0 aliphatic carbocycles. The van der Waals surface area contributed by atoms with Crippen molar-refractivity contribution in [2.24, 2.45) is 0 Å². The Labute approximate surface area is 181 Å². The number of hydrogen-bond acceptors (Lipinski definition) is 5. The molecule has 6 nitrogen and oxygen atoms in total. The Hall–Kier alpha value is -3.22. The van der Waals surface area contributed by atoms with Crippen molar-refractivity contribution >= 4 is 28.3 Å². The van der Waals surface area contributed by atoms with Crippen LogP contribution in [-0.2, 0) is 14.3 Å². The lowest BCUT2D eigenvalue weighted by Gasteiger charge is -2.33.